The molecule has 0 spiro atoms. The summed E-state index contributed by atoms with van der Waals surface area (Å²) in [7, 11) is 0. The average Bonchev–Trinajstić information content (AvgIpc) is 2.71. The number of nitrogens with zero attached hydrogens (tertiary/aromatic N) is 3. The third kappa shape index (κ3) is 3.93. The lowest BCUT2D eigenvalue weighted by molar-refractivity contribution is -0.120. The van der Waals surface area contributed by atoms with Crippen molar-refractivity contribution >= 4 is 5.91 Å². The molecule has 1 aromatic carbocycles. The number of carbonyl (C=O) groups excluding carboxylic acids is 1. The normalized spacial score (nSPS) is 19.2. The van der Waals surface area contributed by atoms with Gasteiger partial charge < -0.3 is 5.32 Å². The smallest absolute Gasteiger partial charge is 0.221 e. The summed E-state index contributed by atoms with van der Waals surface area (Å²) in [6.07, 6.45) is 4.32. The monoisotopic (exact) mass is 310 g/mol. The van der Waals surface area contributed by atoms with Gasteiger partial charge in [0.1, 0.15) is 0 Å². The first kappa shape index (κ1) is 15.6. The molecule has 5 nitrogen and oxygen atoms in total. The molecule has 2 aromatic rings. The van der Waals surface area contributed by atoms with E-state index in [1.807, 2.05) is 24.5 Å². The van der Waals surface area contributed by atoms with Crippen molar-refractivity contribution in [2.24, 2.45) is 0 Å². The van der Waals surface area contributed by atoms with Gasteiger partial charge in [-0.1, -0.05) is 23.8 Å². The zero-order valence-corrected chi connectivity index (χ0v) is 13.6. The van der Waals surface area contributed by atoms with Crippen molar-refractivity contribution in [2.45, 2.75) is 32.9 Å². The number of benzene rings is 1. The van der Waals surface area contributed by atoms with Gasteiger partial charge in [0.15, 0.2) is 5.82 Å². The lowest BCUT2D eigenvalue weighted by Gasteiger charge is -2.25. The second-order valence-corrected chi connectivity index (χ2v) is 6.16. The highest BCUT2D eigenvalue weighted by Gasteiger charge is 2.20. The van der Waals surface area contributed by atoms with Crippen LogP contribution in [0.25, 0.3) is 11.4 Å². The molecule has 120 valence electrons. The number of aromatic nitrogens is 2. The number of amides is 1. The zero-order chi connectivity index (χ0) is 16.2. The third-order valence-corrected chi connectivity index (χ3v) is 4.21. The number of rotatable bonds is 3. The molecule has 0 radical (unpaired) electrons. The maximum Gasteiger partial charge on any atom is 0.221 e. The molecule has 1 aromatic heterocycles. The summed E-state index contributed by atoms with van der Waals surface area (Å²) in [5.41, 5.74) is 3.31. The van der Waals surface area contributed by atoms with Crippen LogP contribution < -0.4 is 5.32 Å². The number of nitrogens with one attached hydrogen (secondary N) is 1. The molecule has 0 saturated carbocycles. The minimum absolute atomic E-state index is 0.130. The molecular weight excluding hydrogens is 288 g/mol. The summed E-state index contributed by atoms with van der Waals surface area (Å²) >= 11 is 0. The van der Waals surface area contributed by atoms with Gasteiger partial charge in [-0.15, -0.1) is 0 Å². The second kappa shape index (κ2) is 6.87. The number of aryl methyl sites for hydroxylation is 1. The van der Waals surface area contributed by atoms with Crippen molar-refractivity contribution < 1.29 is 4.79 Å². The predicted molar refractivity (Wildman–Crippen MR) is 89.7 cm³/mol. The molecule has 2 heterocycles. The van der Waals surface area contributed by atoms with Crippen LogP contribution in [0.15, 0.2) is 36.7 Å². The van der Waals surface area contributed by atoms with Gasteiger partial charge in [-0.25, -0.2) is 9.97 Å². The summed E-state index contributed by atoms with van der Waals surface area (Å²) in [5.74, 6) is 0.878. The molecule has 1 aliphatic heterocycles. The molecular formula is C18H22N4O. The lowest BCUT2D eigenvalue weighted by atomic mass is 10.1. The van der Waals surface area contributed by atoms with Gasteiger partial charge in [0, 0.05) is 55.6 Å². The summed E-state index contributed by atoms with van der Waals surface area (Å²) in [6, 6.07) is 8.51. The van der Waals surface area contributed by atoms with E-state index in [9.17, 15) is 4.79 Å². The Balaban J connectivity index is 1.71. The van der Waals surface area contributed by atoms with E-state index in [2.05, 4.69) is 46.2 Å². The number of hydrogen-bond donors (Lipinski definition) is 1. The van der Waals surface area contributed by atoms with Gasteiger partial charge in [0.2, 0.25) is 5.91 Å². The lowest BCUT2D eigenvalue weighted by Crippen LogP contribution is -2.37. The molecule has 1 fully saturated rings. The molecule has 1 aliphatic rings. The highest BCUT2D eigenvalue weighted by Crippen LogP contribution is 2.17. The summed E-state index contributed by atoms with van der Waals surface area (Å²) in [5, 5.41) is 2.93. The van der Waals surface area contributed by atoms with Gasteiger partial charge in [-0.3, -0.25) is 9.69 Å². The Kier molecular flexibility index (Phi) is 4.67. The Morgan fingerprint density at radius 2 is 2.09 bits per heavy atom. The van der Waals surface area contributed by atoms with Crippen molar-refractivity contribution in [1.82, 2.24) is 20.2 Å². The fraction of sp³-hybridized carbons (Fsp3) is 0.389. The topological polar surface area (TPSA) is 58.1 Å². The van der Waals surface area contributed by atoms with Crippen molar-refractivity contribution in [3.63, 3.8) is 0 Å². The Bertz CT molecular complexity index is 684. The molecule has 1 amide bonds. The van der Waals surface area contributed by atoms with Gasteiger partial charge in [0.25, 0.3) is 0 Å². The Hall–Kier alpha value is -2.27. The third-order valence-electron chi connectivity index (χ3n) is 4.21. The van der Waals surface area contributed by atoms with Crippen LogP contribution in [0.3, 0.4) is 0 Å². The Morgan fingerprint density at radius 3 is 2.83 bits per heavy atom. The number of hydrogen-bond acceptors (Lipinski definition) is 4. The second-order valence-electron chi connectivity index (χ2n) is 6.16. The van der Waals surface area contributed by atoms with Crippen LogP contribution in [-0.4, -0.2) is 39.9 Å². The summed E-state index contributed by atoms with van der Waals surface area (Å²) in [6.45, 7) is 6.43. The first-order valence-electron chi connectivity index (χ1n) is 8.00. The van der Waals surface area contributed by atoms with Gasteiger partial charge >= 0.3 is 0 Å². The van der Waals surface area contributed by atoms with E-state index in [-0.39, 0.29) is 5.91 Å². The summed E-state index contributed by atoms with van der Waals surface area (Å²) in [4.78, 5) is 22.8. The van der Waals surface area contributed by atoms with E-state index in [1.54, 1.807) is 0 Å². The van der Waals surface area contributed by atoms with Crippen LogP contribution in [-0.2, 0) is 11.3 Å². The van der Waals surface area contributed by atoms with Crippen molar-refractivity contribution in [2.75, 3.05) is 13.1 Å². The van der Waals surface area contributed by atoms with Crippen molar-refractivity contribution in [1.29, 1.82) is 0 Å². The predicted octanol–water partition coefficient (Wildman–Crippen LogP) is 2.16. The molecule has 1 N–H and O–H groups in total. The molecule has 0 unspecified atom stereocenters. The molecule has 5 heteroatoms. The van der Waals surface area contributed by atoms with Crippen LogP contribution in [0.5, 0.6) is 0 Å². The average molecular weight is 310 g/mol. The van der Waals surface area contributed by atoms with E-state index in [0.29, 0.717) is 19.0 Å². The van der Waals surface area contributed by atoms with E-state index in [0.717, 1.165) is 30.0 Å². The largest absolute Gasteiger partial charge is 0.355 e. The highest BCUT2D eigenvalue weighted by molar-refractivity contribution is 5.76. The van der Waals surface area contributed by atoms with E-state index in [1.165, 1.54) is 5.56 Å². The van der Waals surface area contributed by atoms with E-state index in [4.69, 9.17) is 0 Å². The van der Waals surface area contributed by atoms with Gasteiger partial charge in [0.05, 0.1) is 0 Å². The SMILES string of the molecule is Cc1cccc(-c2ncc(CN3CCC(=O)NC[C@@H]3C)cn2)c1. The Labute approximate surface area is 136 Å². The molecule has 1 atom stereocenters. The van der Waals surface area contributed by atoms with Gasteiger partial charge in [-0.05, 0) is 19.9 Å². The molecule has 0 aliphatic carbocycles. The molecule has 1 saturated heterocycles. The summed E-state index contributed by atoms with van der Waals surface area (Å²) < 4.78 is 0. The van der Waals surface area contributed by atoms with Crippen LogP contribution in [0.2, 0.25) is 0 Å². The minimum Gasteiger partial charge on any atom is -0.355 e. The van der Waals surface area contributed by atoms with Crippen LogP contribution >= 0.6 is 0 Å². The van der Waals surface area contributed by atoms with E-state index < -0.39 is 0 Å². The number of carbonyl (C=O) groups is 1. The van der Waals surface area contributed by atoms with Gasteiger partial charge in [-0.2, -0.15) is 0 Å². The maximum absolute atomic E-state index is 11.5. The van der Waals surface area contributed by atoms with Crippen LogP contribution in [0, 0.1) is 6.92 Å². The zero-order valence-electron chi connectivity index (χ0n) is 13.6. The van der Waals surface area contributed by atoms with Crippen molar-refractivity contribution in [3.05, 3.63) is 47.8 Å². The Morgan fingerprint density at radius 1 is 1.30 bits per heavy atom. The fourth-order valence-corrected chi connectivity index (χ4v) is 2.78. The first-order chi connectivity index (χ1) is 11.1. The standard InChI is InChI=1S/C18H22N4O/c1-13-4-3-5-16(8-13)18-20-10-15(11-21-18)12-22-7-6-17(23)19-9-14(22)2/h3-5,8,10-11,14H,6-7,9,12H2,1-2H3,(H,19,23)/t14-/m0/s1. The van der Waals surface area contributed by atoms with Crippen LogP contribution in [0.1, 0.15) is 24.5 Å². The quantitative estimate of drug-likeness (QED) is 0.944. The maximum atomic E-state index is 11.5. The van der Waals surface area contributed by atoms with Crippen molar-refractivity contribution in [3.8, 4) is 11.4 Å². The highest BCUT2D eigenvalue weighted by atomic mass is 16.1. The first-order valence-corrected chi connectivity index (χ1v) is 8.00. The van der Waals surface area contributed by atoms with E-state index >= 15 is 0 Å². The molecule has 23 heavy (non-hydrogen) atoms. The van der Waals surface area contributed by atoms with Crippen LogP contribution in [0.4, 0.5) is 0 Å². The fourth-order valence-electron chi connectivity index (χ4n) is 2.78. The molecule has 0 bridgehead atoms. The molecule has 3 rings (SSSR count). The minimum atomic E-state index is 0.130.